The maximum Gasteiger partial charge on any atom is 0.309 e. The quantitative estimate of drug-likeness (QED) is 0.205. The molecule has 5 aliphatic carbocycles. The molecule has 8 heteroatoms. The fourth-order valence-corrected chi connectivity index (χ4v) is 13.3. The summed E-state index contributed by atoms with van der Waals surface area (Å²) in [6.45, 7) is 19.6. The Balaban J connectivity index is 1.23. The monoisotopic (exact) mass is 751 g/mol. The van der Waals surface area contributed by atoms with Gasteiger partial charge >= 0.3 is 11.9 Å². The topological polar surface area (TPSA) is 104 Å². The molecule has 0 aliphatic heterocycles. The third kappa shape index (κ3) is 7.18. The van der Waals surface area contributed by atoms with E-state index in [2.05, 4.69) is 58.6 Å². The van der Waals surface area contributed by atoms with Gasteiger partial charge in [-0.05, 0) is 142 Å². The van der Waals surface area contributed by atoms with Gasteiger partial charge in [-0.25, -0.2) is 0 Å². The van der Waals surface area contributed by atoms with Gasteiger partial charge in [-0.1, -0.05) is 70.8 Å². The van der Waals surface area contributed by atoms with Crippen molar-refractivity contribution in [3.05, 3.63) is 46.0 Å². The second-order valence-corrected chi connectivity index (χ2v) is 20.4. The largest absolute Gasteiger partial charge is 0.481 e. The first-order valence-corrected chi connectivity index (χ1v) is 20.9. The molecule has 2 N–H and O–H groups in total. The van der Waals surface area contributed by atoms with Crippen LogP contribution >= 0.6 is 11.6 Å². The van der Waals surface area contributed by atoms with Crippen LogP contribution in [0, 0.1) is 56.7 Å². The van der Waals surface area contributed by atoms with E-state index in [1.54, 1.807) is 13.8 Å². The molecule has 0 amide bonds. The fourth-order valence-electron chi connectivity index (χ4n) is 13.2. The molecule has 0 heterocycles. The Kier molecular flexibility index (Phi) is 11.2. The van der Waals surface area contributed by atoms with Crippen molar-refractivity contribution < 1.29 is 29.3 Å². The van der Waals surface area contributed by atoms with Gasteiger partial charge in [0, 0.05) is 35.4 Å². The van der Waals surface area contributed by atoms with Gasteiger partial charge < -0.3 is 14.9 Å². The van der Waals surface area contributed by atoms with E-state index >= 15 is 0 Å². The molecule has 0 spiro atoms. The number of esters is 1. The maximum atomic E-state index is 14.1. The number of ether oxygens (including phenoxy) is 1. The zero-order valence-electron chi connectivity index (χ0n) is 33.7. The van der Waals surface area contributed by atoms with Gasteiger partial charge in [0.15, 0.2) is 5.78 Å². The van der Waals surface area contributed by atoms with Crippen LogP contribution in [-0.2, 0) is 25.7 Å². The van der Waals surface area contributed by atoms with Crippen molar-refractivity contribution in [2.24, 2.45) is 56.7 Å². The lowest BCUT2D eigenvalue weighted by molar-refractivity contribution is -0.214. The average Bonchev–Trinajstić information content (AvgIpc) is 3.38. The predicted octanol–water partition coefficient (Wildman–Crippen LogP) is 9.53. The molecular weight excluding hydrogens is 686 g/mol. The van der Waals surface area contributed by atoms with Crippen LogP contribution in [0.15, 0.2) is 35.4 Å². The molecule has 294 valence electrons. The highest BCUT2D eigenvalue weighted by Crippen LogP contribution is 2.73. The lowest BCUT2D eigenvalue weighted by Gasteiger charge is -2.69. The molecule has 0 bridgehead atoms. The Morgan fingerprint density at radius 1 is 0.943 bits per heavy atom. The van der Waals surface area contributed by atoms with E-state index in [-0.39, 0.29) is 46.7 Å². The van der Waals surface area contributed by atoms with Crippen LogP contribution in [0.1, 0.15) is 132 Å². The number of hydrogen-bond acceptors (Lipinski definition) is 6. The number of ketones is 1. The second kappa shape index (κ2) is 14.7. The Bertz CT molecular complexity index is 1600. The van der Waals surface area contributed by atoms with Crippen molar-refractivity contribution in [2.75, 3.05) is 19.7 Å². The predicted molar refractivity (Wildman–Crippen MR) is 209 cm³/mol. The molecule has 0 saturated heterocycles. The summed E-state index contributed by atoms with van der Waals surface area (Å²) < 4.78 is 6.17. The van der Waals surface area contributed by atoms with E-state index in [0.29, 0.717) is 42.4 Å². The van der Waals surface area contributed by atoms with Crippen molar-refractivity contribution in [1.82, 2.24) is 4.90 Å². The van der Waals surface area contributed by atoms with Crippen LogP contribution in [0.3, 0.4) is 0 Å². The van der Waals surface area contributed by atoms with E-state index in [1.165, 1.54) is 11.1 Å². The Hall–Kier alpha value is -2.22. The average molecular weight is 752 g/mol. The molecule has 8 atom stereocenters. The van der Waals surface area contributed by atoms with Gasteiger partial charge in [0.05, 0.1) is 18.4 Å². The highest BCUT2D eigenvalue weighted by atomic mass is 35.5. The number of carboxylic acid groups (broad SMARTS) is 1. The molecule has 7 nitrogen and oxygen atoms in total. The Morgan fingerprint density at radius 3 is 2.26 bits per heavy atom. The molecular formula is C45H66ClNO6. The van der Waals surface area contributed by atoms with Gasteiger partial charge in [0.25, 0.3) is 0 Å². The molecule has 0 aromatic heterocycles. The summed E-state index contributed by atoms with van der Waals surface area (Å²) in [5.41, 5.74) is 2.63. The maximum absolute atomic E-state index is 14.1. The Morgan fingerprint density at radius 2 is 1.62 bits per heavy atom. The third-order valence-electron chi connectivity index (χ3n) is 15.8. The zero-order chi connectivity index (χ0) is 38.7. The van der Waals surface area contributed by atoms with E-state index in [1.807, 2.05) is 12.1 Å². The number of carbonyl (C=O) groups excluding carboxylic acids is 2. The summed E-state index contributed by atoms with van der Waals surface area (Å²) in [4.78, 5) is 41.2. The number of nitrogens with zero attached hydrogens (tertiary/aromatic N) is 1. The number of allylic oxidation sites excluding steroid dienone is 2. The fraction of sp³-hybridized carbons (Fsp3) is 0.756. The molecule has 8 unspecified atom stereocenters. The molecule has 4 fully saturated rings. The number of Topliss-reactive ketones (excluding diaryl/α,β-unsaturated/α-hetero) is 1. The van der Waals surface area contributed by atoms with Gasteiger partial charge in [-0.2, -0.15) is 0 Å². The summed E-state index contributed by atoms with van der Waals surface area (Å²) in [6, 6.07) is 7.98. The van der Waals surface area contributed by atoms with Crippen molar-refractivity contribution in [3.8, 4) is 0 Å². The normalized spacial score (nSPS) is 35.1. The van der Waals surface area contributed by atoms with E-state index in [9.17, 15) is 24.6 Å². The van der Waals surface area contributed by atoms with E-state index < -0.39 is 17.4 Å². The van der Waals surface area contributed by atoms with Gasteiger partial charge in [0.1, 0.15) is 6.10 Å². The van der Waals surface area contributed by atoms with Crippen molar-refractivity contribution >= 4 is 29.3 Å². The van der Waals surface area contributed by atoms with Crippen molar-refractivity contribution in [3.63, 3.8) is 0 Å². The summed E-state index contributed by atoms with van der Waals surface area (Å²) in [5.74, 6) is 1.12. The van der Waals surface area contributed by atoms with E-state index in [0.717, 1.165) is 81.5 Å². The number of carboxylic acids is 1. The van der Waals surface area contributed by atoms with Crippen molar-refractivity contribution in [1.29, 1.82) is 0 Å². The number of fused-ring (bicyclic) bond motifs is 7. The zero-order valence-corrected chi connectivity index (χ0v) is 34.5. The first-order valence-electron chi connectivity index (χ1n) is 20.6. The van der Waals surface area contributed by atoms with Gasteiger partial charge in [0.2, 0.25) is 0 Å². The molecule has 0 radical (unpaired) electrons. The number of halogens is 1. The third-order valence-corrected chi connectivity index (χ3v) is 16.0. The lowest BCUT2D eigenvalue weighted by atomic mass is 9.36. The number of benzene rings is 1. The highest BCUT2D eigenvalue weighted by Gasteiger charge is 2.66. The molecule has 6 rings (SSSR count). The lowest BCUT2D eigenvalue weighted by Crippen LogP contribution is -2.63. The minimum absolute atomic E-state index is 0.102. The van der Waals surface area contributed by atoms with Crippen LogP contribution in [0.25, 0.3) is 0 Å². The minimum atomic E-state index is -1.15. The van der Waals surface area contributed by atoms with E-state index in [4.69, 9.17) is 16.3 Å². The first-order chi connectivity index (χ1) is 24.8. The second-order valence-electron chi connectivity index (χ2n) is 19.9. The minimum Gasteiger partial charge on any atom is -0.481 e. The van der Waals surface area contributed by atoms with Crippen LogP contribution in [-0.4, -0.2) is 58.6 Å². The molecule has 1 aromatic rings. The smallest absolute Gasteiger partial charge is 0.309 e. The first kappa shape index (κ1) is 40.4. The standard InChI is InChI=1S/C45H66ClNO6/c1-28(2)38-33(49)25-45(21-22-47(23-24-48)27-29-9-11-30(46)12-10-29)20-15-32-31(39(38)45)13-14-35-43(32,7)18-16-34-42(5,6)36(17-19-44(34,35)8)53-37(50)26-41(3,4)40(51)52/h9-12,28,31-32,34-36,48H,13-27H2,1-8H3,(H,51,52). The Labute approximate surface area is 323 Å². The molecule has 1 aromatic carbocycles. The molecule has 4 saturated carbocycles. The van der Waals surface area contributed by atoms with Crippen LogP contribution in [0.5, 0.6) is 0 Å². The number of aliphatic hydroxyl groups excluding tert-OH is 1. The summed E-state index contributed by atoms with van der Waals surface area (Å²) >= 11 is 6.17. The highest BCUT2D eigenvalue weighted by molar-refractivity contribution is 6.30. The molecule has 53 heavy (non-hydrogen) atoms. The summed E-state index contributed by atoms with van der Waals surface area (Å²) in [7, 11) is 0. The van der Waals surface area contributed by atoms with Crippen molar-refractivity contribution in [2.45, 2.75) is 139 Å². The summed E-state index contributed by atoms with van der Waals surface area (Å²) in [5, 5.41) is 20.3. The van der Waals surface area contributed by atoms with Crippen LogP contribution in [0.4, 0.5) is 0 Å². The number of hydrogen-bond donors (Lipinski definition) is 2. The SMILES string of the molecule is CC(C)C1=C2C3CCC4C(C)(CCC5C(C)(C)C(OC(=O)CC(C)(C)C(=O)O)CCC54C)C3CCC2(CCN(CCO)Cc2ccc(Cl)cc2)CC1=O. The van der Waals surface area contributed by atoms with Crippen LogP contribution < -0.4 is 0 Å². The van der Waals surface area contributed by atoms with Gasteiger partial charge in [-0.3, -0.25) is 19.3 Å². The summed E-state index contributed by atoms with van der Waals surface area (Å²) in [6.07, 6.45) is 9.77. The molecule has 5 aliphatic rings. The number of rotatable bonds is 12. The number of aliphatic hydroxyl groups is 1. The van der Waals surface area contributed by atoms with Gasteiger partial charge in [-0.15, -0.1) is 0 Å². The number of carbonyl (C=O) groups is 3. The van der Waals surface area contributed by atoms with Crippen LogP contribution in [0.2, 0.25) is 5.02 Å². The number of aliphatic carboxylic acids is 1.